The standard InChI is InChI=1S/C11H17NOS/c1-4-6-9-8(5-2)7-10(14-9)11(13)12-3/h7H,4-6H2,1-3H3,(H,12,13). The summed E-state index contributed by atoms with van der Waals surface area (Å²) < 4.78 is 0. The van der Waals surface area contributed by atoms with Crippen LogP contribution in [0.5, 0.6) is 0 Å². The van der Waals surface area contributed by atoms with Crippen LogP contribution in [0.1, 0.15) is 40.4 Å². The second-order valence-electron chi connectivity index (χ2n) is 3.24. The summed E-state index contributed by atoms with van der Waals surface area (Å²) in [6, 6.07) is 2.02. The molecular formula is C11H17NOS. The lowest BCUT2D eigenvalue weighted by molar-refractivity contribution is 0.0967. The van der Waals surface area contributed by atoms with E-state index in [1.165, 1.54) is 10.4 Å². The number of amides is 1. The van der Waals surface area contributed by atoms with Gasteiger partial charge in [-0.2, -0.15) is 0 Å². The fourth-order valence-electron chi connectivity index (χ4n) is 1.44. The molecule has 1 amide bonds. The highest BCUT2D eigenvalue weighted by Gasteiger charge is 2.11. The van der Waals surface area contributed by atoms with Crippen LogP contribution in [0.25, 0.3) is 0 Å². The molecule has 0 aromatic carbocycles. The molecule has 0 saturated carbocycles. The van der Waals surface area contributed by atoms with E-state index in [1.54, 1.807) is 18.4 Å². The molecule has 3 heteroatoms. The third-order valence-corrected chi connectivity index (χ3v) is 3.44. The Morgan fingerprint density at radius 3 is 2.71 bits per heavy atom. The Morgan fingerprint density at radius 2 is 2.21 bits per heavy atom. The van der Waals surface area contributed by atoms with Crippen molar-refractivity contribution >= 4 is 17.2 Å². The Balaban J connectivity index is 2.94. The molecule has 1 aromatic rings. The van der Waals surface area contributed by atoms with Crippen LogP contribution in [0, 0.1) is 0 Å². The van der Waals surface area contributed by atoms with E-state index in [0.29, 0.717) is 0 Å². The van der Waals surface area contributed by atoms with E-state index in [2.05, 4.69) is 19.2 Å². The highest BCUT2D eigenvalue weighted by molar-refractivity contribution is 7.14. The molecule has 1 N–H and O–H groups in total. The van der Waals surface area contributed by atoms with Crippen molar-refractivity contribution in [2.24, 2.45) is 0 Å². The predicted octanol–water partition coefficient (Wildman–Crippen LogP) is 2.62. The number of rotatable bonds is 4. The van der Waals surface area contributed by atoms with E-state index < -0.39 is 0 Å². The van der Waals surface area contributed by atoms with Gasteiger partial charge in [-0.3, -0.25) is 4.79 Å². The first-order chi connectivity index (χ1) is 6.72. The number of carbonyl (C=O) groups is 1. The first kappa shape index (κ1) is 11.2. The Hall–Kier alpha value is -0.830. The van der Waals surface area contributed by atoms with E-state index >= 15 is 0 Å². The van der Waals surface area contributed by atoms with Crippen LogP contribution in [-0.4, -0.2) is 13.0 Å². The molecule has 1 rings (SSSR count). The van der Waals surface area contributed by atoms with Gasteiger partial charge in [-0.25, -0.2) is 0 Å². The lowest BCUT2D eigenvalue weighted by Gasteiger charge is -1.96. The summed E-state index contributed by atoms with van der Waals surface area (Å²) in [5, 5.41) is 2.66. The van der Waals surface area contributed by atoms with Gasteiger partial charge in [0.15, 0.2) is 0 Å². The van der Waals surface area contributed by atoms with Gasteiger partial charge in [-0.15, -0.1) is 11.3 Å². The quantitative estimate of drug-likeness (QED) is 0.815. The zero-order chi connectivity index (χ0) is 10.6. The minimum atomic E-state index is 0.0343. The largest absolute Gasteiger partial charge is 0.354 e. The Morgan fingerprint density at radius 1 is 1.50 bits per heavy atom. The molecule has 0 aliphatic carbocycles. The van der Waals surface area contributed by atoms with E-state index in [0.717, 1.165) is 24.1 Å². The van der Waals surface area contributed by atoms with Crippen LogP contribution in [0.2, 0.25) is 0 Å². The summed E-state index contributed by atoms with van der Waals surface area (Å²) in [6.45, 7) is 4.30. The SMILES string of the molecule is CCCc1sc(C(=O)NC)cc1CC. The van der Waals surface area contributed by atoms with Crippen LogP contribution in [0.15, 0.2) is 6.07 Å². The third-order valence-electron chi connectivity index (χ3n) is 2.21. The van der Waals surface area contributed by atoms with E-state index in [4.69, 9.17) is 0 Å². The number of nitrogens with one attached hydrogen (secondary N) is 1. The second-order valence-corrected chi connectivity index (χ2v) is 4.38. The van der Waals surface area contributed by atoms with E-state index in [1.807, 2.05) is 6.07 Å². The van der Waals surface area contributed by atoms with Gasteiger partial charge in [-0.1, -0.05) is 20.3 Å². The second kappa shape index (κ2) is 5.15. The predicted molar refractivity (Wildman–Crippen MR) is 61.1 cm³/mol. The minimum Gasteiger partial charge on any atom is -0.354 e. The van der Waals surface area contributed by atoms with Crippen molar-refractivity contribution in [2.75, 3.05) is 7.05 Å². The molecule has 0 fully saturated rings. The molecular weight excluding hydrogens is 194 g/mol. The lowest BCUT2D eigenvalue weighted by atomic mass is 10.1. The van der Waals surface area contributed by atoms with Gasteiger partial charge >= 0.3 is 0 Å². The zero-order valence-electron chi connectivity index (χ0n) is 9.02. The van der Waals surface area contributed by atoms with Crippen LogP contribution in [0.4, 0.5) is 0 Å². The summed E-state index contributed by atoms with van der Waals surface area (Å²) in [6.07, 6.45) is 3.24. The first-order valence-corrected chi connectivity index (χ1v) is 5.88. The van der Waals surface area contributed by atoms with Crippen molar-refractivity contribution in [1.29, 1.82) is 0 Å². The first-order valence-electron chi connectivity index (χ1n) is 5.06. The van der Waals surface area contributed by atoms with E-state index in [9.17, 15) is 4.79 Å². The molecule has 14 heavy (non-hydrogen) atoms. The van der Waals surface area contributed by atoms with E-state index in [-0.39, 0.29) is 5.91 Å². The third kappa shape index (κ3) is 2.35. The van der Waals surface area contributed by atoms with Crippen molar-refractivity contribution in [2.45, 2.75) is 33.1 Å². The number of aryl methyl sites for hydroxylation is 2. The molecule has 0 aliphatic heterocycles. The Bertz CT molecular complexity index is 317. The summed E-state index contributed by atoms with van der Waals surface area (Å²) in [5.74, 6) is 0.0343. The molecule has 0 aliphatic rings. The highest BCUT2D eigenvalue weighted by Crippen LogP contribution is 2.24. The zero-order valence-corrected chi connectivity index (χ0v) is 9.83. The molecule has 0 atom stereocenters. The normalized spacial score (nSPS) is 10.2. The summed E-state index contributed by atoms with van der Waals surface area (Å²) in [5.41, 5.74) is 1.33. The lowest BCUT2D eigenvalue weighted by Crippen LogP contribution is -2.16. The number of hydrogen-bond acceptors (Lipinski definition) is 2. The maximum atomic E-state index is 11.4. The number of carbonyl (C=O) groups excluding carboxylic acids is 1. The average Bonchev–Trinajstić information content (AvgIpc) is 2.60. The molecule has 2 nitrogen and oxygen atoms in total. The fraction of sp³-hybridized carbons (Fsp3) is 0.545. The van der Waals surface area contributed by atoms with Crippen LogP contribution >= 0.6 is 11.3 Å². The van der Waals surface area contributed by atoms with Gasteiger partial charge in [0.1, 0.15) is 0 Å². The fourth-order valence-corrected chi connectivity index (χ4v) is 2.74. The minimum absolute atomic E-state index is 0.0343. The van der Waals surface area contributed by atoms with Gasteiger partial charge in [0.05, 0.1) is 4.88 Å². The Kier molecular flexibility index (Phi) is 4.14. The van der Waals surface area contributed by atoms with Crippen molar-refractivity contribution in [3.63, 3.8) is 0 Å². The Labute approximate surface area is 89.3 Å². The maximum absolute atomic E-state index is 11.4. The van der Waals surface area contributed by atoms with Crippen molar-refractivity contribution in [3.05, 3.63) is 21.4 Å². The van der Waals surface area contributed by atoms with Crippen molar-refractivity contribution in [1.82, 2.24) is 5.32 Å². The van der Waals surface area contributed by atoms with Gasteiger partial charge in [0.2, 0.25) is 0 Å². The van der Waals surface area contributed by atoms with Crippen LogP contribution in [0.3, 0.4) is 0 Å². The van der Waals surface area contributed by atoms with Gasteiger partial charge in [-0.05, 0) is 24.5 Å². The topological polar surface area (TPSA) is 29.1 Å². The van der Waals surface area contributed by atoms with Crippen molar-refractivity contribution in [3.8, 4) is 0 Å². The number of hydrogen-bond donors (Lipinski definition) is 1. The summed E-state index contributed by atoms with van der Waals surface area (Å²) >= 11 is 1.63. The molecule has 1 aromatic heterocycles. The van der Waals surface area contributed by atoms with Gasteiger partial charge in [0, 0.05) is 11.9 Å². The summed E-state index contributed by atoms with van der Waals surface area (Å²) in [7, 11) is 1.67. The molecule has 78 valence electrons. The van der Waals surface area contributed by atoms with Crippen LogP contribution in [-0.2, 0) is 12.8 Å². The number of thiophene rings is 1. The summed E-state index contributed by atoms with van der Waals surface area (Å²) in [4.78, 5) is 13.6. The molecule has 1 heterocycles. The highest BCUT2D eigenvalue weighted by atomic mass is 32.1. The smallest absolute Gasteiger partial charge is 0.261 e. The molecule has 0 radical (unpaired) electrons. The monoisotopic (exact) mass is 211 g/mol. The van der Waals surface area contributed by atoms with Crippen molar-refractivity contribution < 1.29 is 4.79 Å². The van der Waals surface area contributed by atoms with Gasteiger partial charge < -0.3 is 5.32 Å². The molecule has 0 bridgehead atoms. The van der Waals surface area contributed by atoms with Crippen LogP contribution < -0.4 is 5.32 Å². The van der Waals surface area contributed by atoms with Gasteiger partial charge in [0.25, 0.3) is 5.91 Å². The molecule has 0 unspecified atom stereocenters. The maximum Gasteiger partial charge on any atom is 0.261 e. The molecule has 0 spiro atoms. The average molecular weight is 211 g/mol. The molecule has 0 saturated heterocycles.